The summed E-state index contributed by atoms with van der Waals surface area (Å²) in [5.74, 6) is -1.40. The molecule has 3 aromatic rings. The van der Waals surface area contributed by atoms with Crippen molar-refractivity contribution in [3.8, 4) is 0 Å². The zero-order valence-corrected chi connectivity index (χ0v) is 14.3. The van der Waals surface area contributed by atoms with Gasteiger partial charge in [0.05, 0.1) is 23.2 Å². The quantitative estimate of drug-likeness (QED) is 0.638. The summed E-state index contributed by atoms with van der Waals surface area (Å²) in [6.07, 6.45) is -4.56. The van der Waals surface area contributed by atoms with E-state index in [0.717, 1.165) is 10.1 Å². The van der Waals surface area contributed by atoms with Crippen LogP contribution in [0, 0.1) is 6.92 Å². The van der Waals surface area contributed by atoms with Gasteiger partial charge in [0, 0.05) is 6.54 Å². The van der Waals surface area contributed by atoms with Gasteiger partial charge in [0.15, 0.2) is 0 Å². The average molecular weight is 362 g/mol. The first-order valence-corrected chi connectivity index (χ1v) is 8.09. The highest BCUT2D eigenvalue weighted by Crippen LogP contribution is 2.32. The molecular formula is C19H17F3N2O2. The normalized spacial score (nSPS) is 11.7. The smallest absolute Gasteiger partial charge is 0.449 e. The van der Waals surface area contributed by atoms with Crippen LogP contribution in [0.1, 0.15) is 34.2 Å². The number of fused-ring (bicyclic) bond motifs is 1. The predicted molar refractivity (Wildman–Crippen MR) is 91.0 cm³/mol. The summed E-state index contributed by atoms with van der Waals surface area (Å²) in [6.45, 7) is 3.77. The molecule has 0 spiro atoms. The maximum Gasteiger partial charge on any atom is 0.449 e. The van der Waals surface area contributed by atoms with E-state index in [-0.39, 0.29) is 13.2 Å². The van der Waals surface area contributed by atoms with E-state index in [9.17, 15) is 18.0 Å². The molecule has 0 N–H and O–H groups in total. The Kier molecular flexibility index (Phi) is 4.71. The Bertz CT molecular complexity index is 944. The standard InChI is InChI=1S/C19H17F3N2O2/c1-3-26-17(25)14-7-5-13(6-8-14)11-24-16-9-4-12(2)10-15(16)23-18(24)19(20,21)22/h4-10H,3,11H2,1-2H3. The third-order valence-corrected chi connectivity index (χ3v) is 3.96. The molecule has 0 aliphatic heterocycles. The van der Waals surface area contributed by atoms with Gasteiger partial charge in [-0.05, 0) is 49.2 Å². The van der Waals surface area contributed by atoms with Gasteiger partial charge < -0.3 is 9.30 Å². The number of rotatable bonds is 4. The number of nitrogens with zero attached hydrogens (tertiary/aromatic N) is 2. The highest BCUT2D eigenvalue weighted by Gasteiger charge is 2.37. The van der Waals surface area contributed by atoms with Crippen LogP contribution in [0.3, 0.4) is 0 Å². The molecule has 0 unspecified atom stereocenters. The Morgan fingerprint density at radius 3 is 2.46 bits per heavy atom. The van der Waals surface area contributed by atoms with Crippen LogP contribution in [-0.4, -0.2) is 22.1 Å². The summed E-state index contributed by atoms with van der Waals surface area (Å²) in [7, 11) is 0. The number of aryl methyl sites for hydroxylation is 1. The number of benzene rings is 2. The first kappa shape index (κ1) is 18.0. The van der Waals surface area contributed by atoms with Gasteiger partial charge in [0.2, 0.25) is 5.82 Å². The van der Waals surface area contributed by atoms with Crippen molar-refractivity contribution < 1.29 is 22.7 Å². The first-order valence-electron chi connectivity index (χ1n) is 8.09. The number of ether oxygens (including phenoxy) is 1. The lowest BCUT2D eigenvalue weighted by molar-refractivity contribution is -0.146. The van der Waals surface area contributed by atoms with E-state index < -0.39 is 18.0 Å². The lowest BCUT2D eigenvalue weighted by atomic mass is 10.1. The Balaban J connectivity index is 1.99. The van der Waals surface area contributed by atoms with E-state index in [2.05, 4.69) is 4.98 Å². The molecule has 136 valence electrons. The van der Waals surface area contributed by atoms with Crippen LogP contribution in [-0.2, 0) is 17.5 Å². The highest BCUT2D eigenvalue weighted by molar-refractivity contribution is 5.89. The number of esters is 1. The number of carbonyl (C=O) groups is 1. The van der Waals surface area contributed by atoms with Crippen LogP contribution >= 0.6 is 0 Å². The second-order valence-corrected chi connectivity index (χ2v) is 5.93. The molecule has 0 bridgehead atoms. The second kappa shape index (κ2) is 6.82. The maximum atomic E-state index is 13.4. The van der Waals surface area contributed by atoms with E-state index in [0.29, 0.717) is 22.2 Å². The minimum Gasteiger partial charge on any atom is -0.462 e. The summed E-state index contributed by atoms with van der Waals surface area (Å²) in [6, 6.07) is 11.3. The van der Waals surface area contributed by atoms with Crippen molar-refractivity contribution >= 4 is 17.0 Å². The highest BCUT2D eigenvalue weighted by atomic mass is 19.4. The maximum absolute atomic E-state index is 13.4. The van der Waals surface area contributed by atoms with Crippen molar-refractivity contribution in [2.75, 3.05) is 6.61 Å². The van der Waals surface area contributed by atoms with Gasteiger partial charge in [-0.1, -0.05) is 18.2 Å². The van der Waals surface area contributed by atoms with Crippen molar-refractivity contribution in [1.29, 1.82) is 0 Å². The molecule has 0 radical (unpaired) electrons. The van der Waals surface area contributed by atoms with Gasteiger partial charge in [-0.2, -0.15) is 13.2 Å². The van der Waals surface area contributed by atoms with Gasteiger partial charge >= 0.3 is 12.1 Å². The number of aromatic nitrogens is 2. The number of hydrogen-bond donors (Lipinski definition) is 0. The average Bonchev–Trinajstić information content (AvgIpc) is 2.93. The van der Waals surface area contributed by atoms with Crippen molar-refractivity contribution in [2.24, 2.45) is 0 Å². The molecule has 0 aliphatic rings. The molecule has 4 nitrogen and oxygen atoms in total. The van der Waals surface area contributed by atoms with Crippen LogP contribution < -0.4 is 0 Å². The van der Waals surface area contributed by atoms with Gasteiger partial charge in [-0.15, -0.1) is 0 Å². The van der Waals surface area contributed by atoms with Gasteiger partial charge in [-0.25, -0.2) is 9.78 Å². The summed E-state index contributed by atoms with van der Waals surface area (Å²) in [5, 5.41) is 0. The molecule has 26 heavy (non-hydrogen) atoms. The number of halogens is 3. The molecule has 0 saturated heterocycles. The Morgan fingerprint density at radius 2 is 1.85 bits per heavy atom. The van der Waals surface area contributed by atoms with Gasteiger partial charge in [0.25, 0.3) is 0 Å². The molecule has 0 atom stereocenters. The first-order chi connectivity index (χ1) is 12.3. The molecule has 0 saturated carbocycles. The third-order valence-electron chi connectivity index (χ3n) is 3.96. The Morgan fingerprint density at radius 1 is 1.15 bits per heavy atom. The van der Waals surface area contributed by atoms with Crippen LogP contribution in [0.2, 0.25) is 0 Å². The third kappa shape index (κ3) is 3.56. The largest absolute Gasteiger partial charge is 0.462 e. The summed E-state index contributed by atoms with van der Waals surface area (Å²) in [4.78, 5) is 15.5. The fourth-order valence-electron chi connectivity index (χ4n) is 2.76. The number of alkyl halides is 3. The fourth-order valence-corrected chi connectivity index (χ4v) is 2.76. The molecule has 3 rings (SSSR count). The molecule has 0 amide bonds. The van der Waals surface area contributed by atoms with Gasteiger partial charge in [0.1, 0.15) is 0 Å². The zero-order valence-electron chi connectivity index (χ0n) is 14.3. The Labute approximate surface area is 148 Å². The second-order valence-electron chi connectivity index (χ2n) is 5.93. The molecule has 2 aromatic carbocycles. The predicted octanol–water partition coefficient (Wildman–Crippen LogP) is 4.59. The number of imidazole rings is 1. The Hall–Kier alpha value is -2.83. The topological polar surface area (TPSA) is 44.1 Å². The molecule has 1 aromatic heterocycles. The molecule has 0 fully saturated rings. The van der Waals surface area contributed by atoms with Crippen LogP contribution in [0.25, 0.3) is 11.0 Å². The van der Waals surface area contributed by atoms with E-state index in [4.69, 9.17) is 4.74 Å². The van der Waals surface area contributed by atoms with Crippen molar-refractivity contribution in [2.45, 2.75) is 26.6 Å². The van der Waals surface area contributed by atoms with E-state index in [1.165, 1.54) is 0 Å². The van der Waals surface area contributed by atoms with Crippen molar-refractivity contribution in [3.05, 3.63) is 65.0 Å². The molecular weight excluding hydrogens is 345 g/mol. The molecule has 0 aliphatic carbocycles. The van der Waals surface area contributed by atoms with E-state index in [1.54, 1.807) is 56.3 Å². The number of carbonyl (C=O) groups excluding carboxylic acids is 1. The molecule has 1 heterocycles. The lowest BCUT2D eigenvalue weighted by Gasteiger charge is -2.12. The minimum atomic E-state index is -4.56. The van der Waals surface area contributed by atoms with Crippen LogP contribution in [0.5, 0.6) is 0 Å². The number of hydrogen-bond acceptors (Lipinski definition) is 3. The monoisotopic (exact) mass is 362 g/mol. The zero-order chi connectivity index (χ0) is 18.9. The summed E-state index contributed by atoms with van der Waals surface area (Å²) >= 11 is 0. The molecule has 7 heteroatoms. The van der Waals surface area contributed by atoms with Crippen LogP contribution in [0.15, 0.2) is 42.5 Å². The van der Waals surface area contributed by atoms with Crippen LogP contribution in [0.4, 0.5) is 13.2 Å². The van der Waals surface area contributed by atoms with Crippen molar-refractivity contribution in [3.63, 3.8) is 0 Å². The van der Waals surface area contributed by atoms with Crippen molar-refractivity contribution in [1.82, 2.24) is 9.55 Å². The fraction of sp³-hybridized carbons (Fsp3) is 0.263. The summed E-state index contributed by atoms with van der Waals surface area (Å²) < 4.78 is 46.3. The van der Waals surface area contributed by atoms with E-state index in [1.807, 2.05) is 0 Å². The van der Waals surface area contributed by atoms with Gasteiger partial charge in [-0.3, -0.25) is 0 Å². The lowest BCUT2D eigenvalue weighted by Crippen LogP contribution is -2.15. The summed E-state index contributed by atoms with van der Waals surface area (Å²) in [5.41, 5.74) is 2.55. The minimum absolute atomic E-state index is 0.00247. The SMILES string of the molecule is CCOC(=O)c1ccc(Cn2c(C(F)(F)F)nc3cc(C)ccc32)cc1. The van der Waals surface area contributed by atoms with E-state index >= 15 is 0 Å².